The van der Waals surface area contributed by atoms with Crippen molar-refractivity contribution in [2.24, 2.45) is 10.2 Å². The van der Waals surface area contributed by atoms with Gasteiger partial charge in [-0.1, -0.05) is 35.4 Å². The van der Waals surface area contributed by atoms with Gasteiger partial charge in [0.15, 0.2) is 0 Å². The number of azo groups is 1. The van der Waals surface area contributed by atoms with Crippen molar-refractivity contribution in [2.45, 2.75) is 47.8 Å². The standard InChI is InChI=1S/C27H29FN4/c1-17-13-19(3)25(20(4)14-17)31-11-12-32(26-21(5)15-18(2)16-22(26)6)27(31)30-29-24-9-7-23(28)8-10-24/h7-16,27H,1-6H3. The van der Waals surface area contributed by atoms with E-state index < -0.39 is 0 Å². The summed E-state index contributed by atoms with van der Waals surface area (Å²) in [5.41, 5.74) is 10.1. The molecule has 164 valence electrons. The van der Waals surface area contributed by atoms with Gasteiger partial charge < -0.3 is 9.80 Å². The van der Waals surface area contributed by atoms with E-state index in [1.807, 2.05) is 0 Å². The van der Waals surface area contributed by atoms with E-state index in [2.05, 4.69) is 93.1 Å². The van der Waals surface area contributed by atoms with Crippen molar-refractivity contribution in [3.8, 4) is 0 Å². The first-order chi connectivity index (χ1) is 15.2. The first-order valence-electron chi connectivity index (χ1n) is 10.8. The van der Waals surface area contributed by atoms with Crippen LogP contribution < -0.4 is 9.80 Å². The molecule has 4 rings (SSSR count). The lowest BCUT2D eigenvalue weighted by Gasteiger charge is -2.32. The molecular weight excluding hydrogens is 399 g/mol. The highest BCUT2D eigenvalue weighted by atomic mass is 19.1. The molecule has 0 N–H and O–H groups in total. The molecule has 5 heteroatoms. The van der Waals surface area contributed by atoms with Gasteiger partial charge in [0.25, 0.3) is 0 Å². The molecule has 0 atom stereocenters. The molecule has 0 fully saturated rings. The average molecular weight is 429 g/mol. The maximum absolute atomic E-state index is 13.3. The molecule has 0 saturated carbocycles. The molecule has 3 aromatic rings. The number of benzene rings is 3. The number of hydrogen-bond donors (Lipinski definition) is 0. The molecular formula is C27H29FN4. The Hall–Kier alpha value is -3.47. The quantitative estimate of drug-likeness (QED) is 0.402. The van der Waals surface area contributed by atoms with E-state index in [9.17, 15) is 4.39 Å². The molecule has 0 spiro atoms. The zero-order valence-electron chi connectivity index (χ0n) is 19.5. The summed E-state index contributed by atoms with van der Waals surface area (Å²) < 4.78 is 13.3. The fourth-order valence-corrected chi connectivity index (χ4v) is 4.71. The van der Waals surface area contributed by atoms with Crippen LogP contribution in [0.5, 0.6) is 0 Å². The second kappa shape index (κ2) is 8.58. The number of aryl methyl sites for hydroxylation is 6. The average Bonchev–Trinajstić information content (AvgIpc) is 3.09. The molecule has 0 radical (unpaired) electrons. The highest BCUT2D eigenvalue weighted by Crippen LogP contribution is 2.37. The molecule has 3 aromatic carbocycles. The second-order valence-electron chi connectivity index (χ2n) is 8.65. The van der Waals surface area contributed by atoms with E-state index in [4.69, 9.17) is 5.11 Å². The highest BCUT2D eigenvalue weighted by molar-refractivity contribution is 5.70. The zero-order valence-corrected chi connectivity index (χ0v) is 19.5. The normalized spacial score (nSPS) is 14.2. The first kappa shape index (κ1) is 21.8. The minimum absolute atomic E-state index is 0.286. The van der Waals surface area contributed by atoms with Crippen molar-refractivity contribution in [1.82, 2.24) is 0 Å². The summed E-state index contributed by atoms with van der Waals surface area (Å²) in [5, 5.41) is 9.21. The summed E-state index contributed by atoms with van der Waals surface area (Å²) in [6.07, 6.45) is 3.75. The summed E-state index contributed by atoms with van der Waals surface area (Å²) in [7, 11) is 0. The van der Waals surface area contributed by atoms with Gasteiger partial charge in [-0.2, -0.15) is 5.11 Å². The lowest BCUT2D eigenvalue weighted by atomic mass is 10.0. The number of halogens is 1. The molecule has 1 heterocycles. The molecule has 0 amide bonds. The van der Waals surface area contributed by atoms with Crippen LogP contribution in [0.4, 0.5) is 21.5 Å². The van der Waals surface area contributed by atoms with E-state index in [1.165, 1.54) is 45.5 Å². The van der Waals surface area contributed by atoms with Crippen LogP contribution in [-0.2, 0) is 0 Å². The molecule has 1 aliphatic rings. The Morgan fingerprint density at radius 2 is 1.06 bits per heavy atom. The lowest BCUT2D eigenvalue weighted by molar-refractivity contribution is 0.627. The zero-order chi connectivity index (χ0) is 23.0. The molecule has 0 aromatic heterocycles. The third kappa shape index (κ3) is 4.15. The predicted octanol–water partition coefficient (Wildman–Crippen LogP) is 7.54. The van der Waals surface area contributed by atoms with Crippen LogP contribution in [0.2, 0.25) is 0 Å². The Bertz CT molecular complexity index is 1100. The van der Waals surface area contributed by atoms with Crippen molar-refractivity contribution in [1.29, 1.82) is 0 Å². The second-order valence-corrected chi connectivity index (χ2v) is 8.65. The Kier molecular flexibility index (Phi) is 5.83. The predicted molar refractivity (Wildman–Crippen MR) is 130 cm³/mol. The minimum Gasteiger partial charge on any atom is -0.305 e. The smallest absolute Gasteiger partial charge is 0.226 e. The summed E-state index contributed by atoms with van der Waals surface area (Å²) in [6, 6.07) is 14.8. The topological polar surface area (TPSA) is 31.2 Å². The number of anilines is 2. The van der Waals surface area contributed by atoms with Gasteiger partial charge in [0, 0.05) is 12.4 Å². The SMILES string of the molecule is Cc1cc(C)c(N2C=CN(c3c(C)cc(C)cc3C)C2N=Nc2ccc(F)cc2)c(C)c1. The van der Waals surface area contributed by atoms with Crippen LogP contribution in [0.3, 0.4) is 0 Å². The van der Waals surface area contributed by atoms with Crippen molar-refractivity contribution < 1.29 is 4.39 Å². The van der Waals surface area contributed by atoms with E-state index in [1.54, 1.807) is 12.1 Å². The lowest BCUT2D eigenvalue weighted by Crippen LogP contribution is -2.38. The van der Waals surface area contributed by atoms with Crippen molar-refractivity contribution in [3.63, 3.8) is 0 Å². The van der Waals surface area contributed by atoms with Crippen LogP contribution in [0, 0.1) is 47.4 Å². The molecule has 0 saturated heterocycles. The minimum atomic E-state index is -0.389. The third-order valence-corrected chi connectivity index (χ3v) is 5.78. The van der Waals surface area contributed by atoms with E-state index in [-0.39, 0.29) is 12.1 Å². The van der Waals surface area contributed by atoms with Gasteiger partial charge in [-0.25, -0.2) is 4.39 Å². The Morgan fingerprint density at radius 1 is 0.656 bits per heavy atom. The van der Waals surface area contributed by atoms with Gasteiger partial charge in [-0.15, -0.1) is 5.11 Å². The Morgan fingerprint density at radius 3 is 1.47 bits per heavy atom. The summed E-state index contributed by atoms with van der Waals surface area (Å²) >= 11 is 0. The summed E-state index contributed by atoms with van der Waals surface area (Å²) in [6.45, 7) is 12.7. The van der Waals surface area contributed by atoms with Crippen LogP contribution in [-0.4, -0.2) is 6.29 Å². The van der Waals surface area contributed by atoms with Crippen LogP contribution in [0.15, 0.2) is 71.2 Å². The number of nitrogens with zero attached hydrogens (tertiary/aromatic N) is 4. The van der Waals surface area contributed by atoms with Crippen molar-refractivity contribution in [2.75, 3.05) is 9.80 Å². The Balaban J connectivity index is 1.81. The van der Waals surface area contributed by atoms with Gasteiger partial charge in [0.05, 0.1) is 17.1 Å². The van der Waals surface area contributed by atoms with Gasteiger partial charge >= 0.3 is 0 Å². The van der Waals surface area contributed by atoms with Gasteiger partial charge in [-0.3, -0.25) is 0 Å². The van der Waals surface area contributed by atoms with Crippen LogP contribution >= 0.6 is 0 Å². The molecule has 4 nitrogen and oxygen atoms in total. The molecule has 0 bridgehead atoms. The number of rotatable bonds is 4. The largest absolute Gasteiger partial charge is 0.305 e. The van der Waals surface area contributed by atoms with Gasteiger partial charge in [0.2, 0.25) is 6.29 Å². The Labute approximate surface area is 189 Å². The van der Waals surface area contributed by atoms with Crippen molar-refractivity contribution in [3.05, 3.63) is 100 Å². The van der Waals surface area contributed by atoms with Crippen LogP contribution in [0.1, 0.15) is 33.4 Å². The maximum Gasteiger partial charge on any atom is 0.226 e. The van der Waals surface area contributed by atoms with E-state index in [0.717, 1.165) is 11.4 Å². The summed E-state index contributed by atoms with van der Waals surface area (Å²) in [4.78, 5) is 4.33. The van der Waals surface area contributed by atoms with E-state index >= 15 is 0 Å². The van der Waals surface area contributed by atoms with Crippen molar-refractivity contribution >= 4 is 17.1 Å². The fraction of sp³-hybridized carbons (Fsp3) is 0.259. The van der Waals surface area contributed by atoms with Crippen LogP contribution in [0.25, 0.3) is 0 Å². The fourth-order valence-electron chi connectivity index (χ4n) is 4.71. The molecule has 0 unspecified atom stereocenters. The molecule has 0 aliphatic carbocycles. The summed E-state index contributed by atoms with van der Waals surface area (Å²) in [5.74, 6) is -0.286. The maximum atomic E-state index is 13.3. The third-order valence-electron chi connectivity index (χ3n) is 5.78. The highest BCUT2D eigenvalue weighted by Gasteiger charge is 2.32. The first-order valence-corrected chi connectivity index (χ1v) is 10.8. The van der Waals surface area contributed by atoms with Gasteiger partial charge in [-0.05, 0) is 88.1 Å². The van der Waals surface area contributed by atoms with E-state index in [0.29, 0.717) is 5.69 Å². The van der Waals surface area contributed by atoms with Gasteiger partial charge in [0.1, 0.15) is 5.82 Å². The molecule has 1 aliphatic heterocycles. The molecule has 32 heavy (non-hydrogen) atoms. The number of hydrogen-bond acceptors (Lipinski definition) is 4. The monoisotopic (exact) mass is 428 g/mol.